The van der Waals surface area contributed by atoms with E-state index in [-0.39, 0.29) is 16.4 Å². The first-order chi connectivity index (χ1) is 8.53. The third-order valence-electron chi connectivity index (χ3n) is 2.14. The van der Waals surface area contributed by atoms with E-state index >= 15 is 0 Å². The molecule has 1 aromatic carbocycles. The number of hydrogen-bond acceptors (Lipinski definition) is 5. The maximum absolute atomic E-state index is 12.0. The molecule has 0 aliphatic rings. The largest absolute Gasteiger partial charge is 0.399 e. The Morgan fingerprint density at radius 2 is 2.22 bits per heavy atom. The number of nitrogen functional groups attached to an aromatic ring is 1. The van der Waals surface area contributed by atoms with Crippen molar-refractivity contribution in [1.29, 1.82) is 5.26 Å². The van der Waals surface area contributed by atoms with Crippen molar-refractivity contribution < 1.29 is 8.42 Å². The molecular formula is C10H9N5O2S. The average molecular weight is 263 g/mol. The molecule has 92 valence electrons. The van der Waals surface area contributed by atoms with Crippen LogP contribution in [-0.4, -0.2) is 18.4 Å². The Bertz CT molecular complexity index is 700. The highest BCUT2D eigenvalue weighted by Crippen LogP contribution is 2.19. The lowest BCUT2D eigenvalue weighted by Crippen LogP contribution is -2.15. The number of nitrogens with zero attached hydrogens (tertiary/aromatic N) is 2. The van der Waals surface area contributed by atoms with Gasteiger partial charge < -0.3 is 10.7 Å². The van der Waals surface area contributed by atoms with Gasteiger partial charge in [-0.1, -0.05) is 0 Å². The Morgan fingerprint density at radius 3 is 2.83 bits per heavy atom. The van der Waals surface area contributed by atoms with Crippen molar-refractivity contribution in [1.82, 2.24) is 9.97 Å². The first kappa shape index (κ1) is 11.9. The van der Waals surface area contributed by atoms with Crippen LogP contribution in [0.15, 0.2) is 35.5 Å². The van der Waals surface area contributed by atoms with Crippen molar-refractivity contribution in [2.24, 2.45) is 0 Å². The van der Waals surface area contributed by atoms with Crippen LogP contribution in [0.3, 0.4) is 0 Å². The minimum absolute atomic E-state index is 0.0194. The molecule has 0 bridgehead atoms. The van der Waals surface area contributed by atoms with Crippen molar-refractivity contribution in [2.75, 3.05) is 10.5 Å². The minimum atomic E-state index is -3.86. The Morgan fingerprint density at radius 1 is 1.44 bits per heavy atom. The number of nitrogens with two attached hydrogens (primary N) is 1. The second-order valence-corrected chi connectivity index (χ2v) is 5.06. The van der Waals surface area contributed by atoms with Crippen LogP contribution in [0.5, 0.6) is 0 Å². The monoisotopic (exact) mass is 263 g/mol. The molecule has 7 nitrogen and oxygen atoms in total. The van der Waals surface area contributed by atoms with E-state index in [1.165, 1.54) is 30.6 Å². The lowest BCUT2D eigenvalue weighted by molar-refractivity contribution is 0.600. The molecule has 18 heavy (non-hydrogen) atoms. The molecule has 0 unspecified atom stereocenters. The zero-order chi connectivity index (χ0) is 13.2. The highest BCUT2D eigenvalue weighted by molar-refractivity contribution is 7.92. The van der Waals surface area contributed by atoms with Gasteiger partial charge in [-0.3, -0.25) is 0 Å². The van der Waals surface area contributed by atoms with Crippen molar-refractivity contribution in [2.45, 2.75) is 4.90 Å². The van der Waals surface area contributed by atoms with E-state index in [4.69, 9.17) is 11.0 Å². The third kappa shape index (κ3) is 2.26. The zero-order valence-corrected chi connectivity index (χ0v) is 9.90. The minimum Gasteiger partial charge on any atom is -0.399 e. The fourth-order valence-electron chi connectivity index (χ4n) is 1.37. The predicted molar refractivity (Wildman–Crippen MR) is 65.0 cm³/mol. The van der Waals surface area contributed by atoms with E-state index in [2.05, 4.69) is 14.7 Å². The van der Waals surface area contributed by atoms with Gasteiger partial charge >= 0.3 is 0 Å². The van der Waals surface area contributed by atoms with Crippen LogP contribution in [0.1, 0.15) is 5.56 Å². The van der Waals surface area contributed by atoms with Crippen LogP contribution in [0.4, 0.5) is 11.6 Å². The first-order valence-corrected chi connectivity index (χ1v) is 6.33. The van der Waals surface area contributed by atoms with Crippen LogP contribution in [0.2, 0.25) is 0 Å². The molecule has 0 saturated heterocycles. The van der Waals surface area contributed by atoms with E-state index in [1.54, 1.807) is 6.07 Å². The maximum atomic E-state index is 12.0. The fraction of sp³-hybridized carbons (Fsp3) is 0. The van der Waals surface area contributed by atoms with Crippen LogP contribution in [0.25, 0.3) is 0 Å². The molecule has 2 aromatic rings. The summed E-state index contributed by atoms with van der Waals surface area (Å²) in [7, 11) is -3.86. The summed E-state index contributed by atoms with van der Waals surface area (Å²) in [5, 5.41) is 8.91. The summed E-state index contributed by atoms with van der Waals surface area (Å²) in [5.74, 6) is 0.0794. The standard InChI is InChI=1S/C10H9N5O2S/c11-6-7-5-8(12)1-2-9(7)18(16,17)15-10-13-3-4-14-10/h1-5H,12H2,(H2,13,14,15). The smallest absolute Gasteiger partial charge is 0.265 e. The second kappa shape index (κ2) is 4.38. The fourth-order valence-corrected chi connectivity index (χ4v) is 2.49. The van der Waals surface area contributed by atoms with E-state index in [9.17, 15) is 8.42 Å². The van der Waals surface area contributed by atoms with Gasteiger partial charge in [0.15, 0.2) is 0 Å². The zero-order valence-electron chi connectivity index (χ0n) is 9.08. The summed E-state index contributed by atoms with van der Waals surface area (Å²) in [6.45, 7) is 0. The first-order valence-electron chi connectivity index (χ1n) is 4.85. The normalized spacial score (nSPS) is 10.8. The van der Waals surface area contributed by atoms with Crippen LogP contribution < -0.4 is 10.5 Å². The van der Waals surface area contributed by atoms with Gasteiger partial charge in [0.25, 0.3) is 10.0 Å². The number of rotatable bonds is 3. The summed E-state index contributed by atoms with van der Waals surface area (Å²) in [4.78, 5) is 6.21. The van der Waals surface area contributed by atoms with Crippen molar-refractivity contribution in [3.05, 3.63) is 36.2 Å². The molecule has 0 fully saturated rings. The molecular weight excluding hydrogens is 254 g/mol. The van der Waals surface area contributed by atoms with Gasteiger partial charge in [-0.05, 0) is 18.2 Å². The van der Waals surface area contributed by atoms with Crippen LogP contribution in [-0.2, 0) is 10.0 Å². The van der Waals surface area contributed by atoms with Gasteiger partial charge in [0.2, 0.25) is 5.95 Å². The number of aromatic nitrogens is 2. The summed E-state index contributed by atoms with van der Waals surface area (Å²) >= 11 is 0. The highest BCUT2D eigenvalue weighted by Gasteiger charge is 2.19. The summed E-state index contributed by atoms with van der Waals surface area (Å²) in [5.41, 5.74) is 5.80. The van der Waals surface area contributed by atoms with Gasteiger partial charge in [0, 0.05) is 18.1 Å². The number of H-pyrrole nitrogens is 1. The average Bonchev–Trinajstić information content (AvgIpc) is 2.80. The molecule has 1 heterocycles. The van der Waals surface area contributed by atoms with Crippen LogP contribution in [0, 0.1) is 11.3 Å². The van der Waals surface area contributed by atoms with Crippen molar-refractivity contribution >= 4 is 21.7 Å². The Hall–Kier alpha value is -2.53. The van der Waals surface area contributed by atoms with Crippen molar-refractivity contribution in [3.8, 4) is 6.07 Å². The molecule has 1 aromatic heterocycles. The number of imidazole rings is 1. The molecule has 2 rings (SSSR count). The lowest BCUT2D eigenvalue weighted by Gasteiger charge is -2.07. The molecule has 8 heteroatoms. The number of sulfonamides is 1. The second-order valence-electron chi connectivity index (χ2n) is 3.41. The molecule has 0 spiro atoms. The topological polar surface area (TPSA) is 125 Å². The van der Waals surface area contributed by atoms with E-state index in [0.717, 1.165) is 0 Å². The van der Waals surface area contributed by atoms with Gasteiger partial charge in [-0.25, -0.2) is 18.1 Å². The molecule has 0 aliphatic heterocycles. The number of benzene rings is 1. The van der Waals surface area contributed by atoms with Crippen LogP contribution >= 0.6 is 0 Å². The molecule has 0 amide bonds. The maximum Gasteiger partial charge on any atom is 0.265 e. The summed E-state index contributed by atoms with van der Waals surface area (Å²) in [6, 6.07) is 5.79. The summed E-state index contributed by atoms with van der Waals surface area (Å²) < 4.78 is 26.3. The Labute approximate surface area is 103 Å². The number of nitrogens with one attached hydrogen (secondary N) is 2. The number of nitriles is 1. The van der Waals surface area contributed by atoms with E-state index in [0.29, 0.717) is 5.69 Å². The molecule has 4 N–H and O–H groups in total. The van der Waals surface area contributed by atoms with Gasteiger partial charge in [0.1, 0.15) is 11.0 Å². The number of aromatic amines is 1. The molecule has 0 radical (unpaired) electrons. The number of hydrogen-bond donors (Lipinski definition) is 3. The molecule has 0 saturated carbocycles. The quantitative estimate of drug-likeness (QED) is 0.702. The third-order valence-corrected chi connectivity index (χ3v) is 3.54. The lowest BCUT2D eigenvalue weighted by atomic mass is 10.2. The number of anilines is 2. The molecule has 0 aliphatic carbocycles. The summed E-state index contributed by atoms with van der Waals surface area (Å²) in [6.07, 6.45) is 2.89. The Kier molecular flexibility index (Phi) is 2.91. The van der Waals surface area contributed by atoms with E-state index < -0.39 is 10.0 Å². The van der Waals surface area contributed by atoms with Gasteiger partial charge in [-0.2, -0.15) is 5.26 Å². The molecule has 0 atom stereocenters. The Balaban J connectivity index is 2.45. The van der Waals surface area contributed by atoms with Gasteiger partial charge in [0.05, 0.1) is 5.56 Å². The van der Waals surface area contributed by atoms with Gasteiger partial charge in [-0.15, -0.1) is 0 Å². The van der Waals surface area contributed by atoms with E-state index in [1.807, 2.05) is 0 Å². The SMILES string of the molecule is N#Cc1cc(N)ccc1S(=O)(=O)Nc1ncc[nH]1. The highest BCUT2D eigenvalue weighted by atomic mass is 32.2. The predicted octanol–water partition coefficient (Wildman–Crippen LogP) is 0.664. The van der Waals surface area contributed by atoms with Crippen molar-refractivity contribution in [3.63, 3.8) is 0 Å².